The smallest absolute Gasteiger partial charge is 0.224 e. The highest BCUT2D eigenvalue weighted by Gasteiger charge is 2.17. The van der Waals surface area contributed by atoms with Crippen LogP contribution in [0.1, 0.15) is 17.9 Å². The molecular formula is C19H18ClNO3S. The van der Waals surface area contributed by atoms with Crippen molar-refractivity contribution >= 4 is 29.3 Å². The molecule has 0 aliphatic rings. The van der Waals surface area contributed by atoms with Gasteiger partial charge in [-0.2, -0.15) is 0 Å². The predicted octanol–water partition coefficient (Wildman–Crippen LogP) is 5.24. The summed E-state index contributed by atoms with van der Waals surface area (Å²) in [5.41, 5.74) is 0. The van der Waals surface area contributed by atoms with E-state index in [1.807, 2.05) is 48.5 Å². The van der Waals surface area contributed by atoms with Crippen molar-refractivity contribution in [2.45, 2.75) is 24.4 Å². The summed E-state index contributed by atoms with van der Waals surface area (Å²) in [6.07, 6.45) is 3.66. The second-order valence-corrected chi connectivity index (χ2v) is 7.07. The number of amides is 1. The second-order valence-electron chi connectivity index (χ2n) is 5.46. The van der Waals surface area contributed by atoms with Gasteiger partial charge in [0.2, 0.25) is 5.91 Å². The molecule has 1 aromatic carbocycles. The first-order valence-corrected chi connectivity index (χ1v) is 9.28. The van der Waals surface area contributed by atoms with Crippen LogP contribution >= 0.6 is 23.4 Å². The molecule has 3 aromatic rings. The zero-order chi connectivity index (χ0) is 17.5. The number of rotatable bonds is 8. The summed E-state index contributed by atoms with van der Waals surface area (Å²) >= 11 is 7.52. The van der Waals surface area contributed by atoms with Gasteiger partial charge in [-0.1, -0.05) is 11.6 Å². The van der Waals surface area contributed by atoms with Crippen molar-refractivity contribution < 1.29 is 13.6 Å². The molecular weight excluding hydrogens is 358 g/mol. The maximum Gasteiger partial charge on any atom is 0.224 e. The number of carbonyl (C=O) groups is 1. The quantitative estimate of drug-likeness (QED) is 0.505. The van der Waals surface area contributed by atoms with Crippen LogP contribution in [0.2, 0.25) is 5.02 Å². The average Bonchev–Trinajstić information content (AvgIpc) is 3.30. The van der Waals surface area contributed by atoms with E-state index in [9.17, 15) is 4.79 Å². The Balaban J connectivity index is 1.56. The maximum absolute atomic E-state index is 12.6. The predicted molar refractivity (Wildman–Crippen MR) is 98.5 cm³/mol. The minimum Gasteiger partial charge on any atom is -0.467 e. The van der Waals surface area contributed by atoms with Gasteiger partial charge in [-0.3, -0.25) is 4.79 Å². The van der Waals surface area contributed by atoms with E-state index in [4.69, 9.17) is 20.4 Å². The first kappa shape index (κ1) is 17.7. The van der Waals surface area contributed by atoms with Crippen LogP contribution in [0.5, 0.6) is 0 Å². The normalized spacial score (nSPS) is 10.8. The summed E-state index contributed by atoms with van der Waals surface area (Å²) < 4.78 is 10.8. The molecule has 0 saturated heterocycles. The van der Waals surface area contributed by atoms with E-state index in [1.54, 1.807) is 29.2 Å². The van der Waals surface area contributed by atoms with E-state index >= 15 is 0 Å². The molecule has 0 fully saturated rings. The number of hydrogen-bond acceptors (Lipinski definition) is 4. The fraction of sp³-hybridized carbons (Fsp3) is 0.211. The number of thioether (sulfide) groups is 1. The van der Waals surface area contributed by atoms with Crippen LogP contribution in [0, 0.1) is 0 Å². The molecule has 6 heteroatoms. The molecule has 130 valence electrons. The second kappa shape index (κ2) is 8.83. The molecule has 4 nitrogen and oxygen atoms in total. The van der Waals surface area contributed by atoms with Gasteiger partial charge in [0, 0.05) is 22.1 Å². The highest BCUT2D eigenvalue weighted by atomic mass is 35.5. The molecule has 0 N–H and O–H groups in total. The van der Waals surface area contributed by atoms with Crippen LogP contribution in [0.3, 0.4) is 0 Å². The van der Waals surface area contributed by atoms with E-state index in [0.29, 0.717) is 30.3 Å². The number of halogens is 1. The van der Waals surface area contributed by atoms with Crippen LogP contribution in [-0.2, 0) is 17.9 Å². The number of furan rings is 2. The van der Waals surface area contributed by atoms with Crippen molar-refractivity contribution in [1.29, 1.82) is 0 Å². The van der Waals surface area contributed by atoms with Crippen LogP contribution in [0.25, 0.3) is 0 Å². The average molecular weight is 376 g/mol. The molecule has 0 radical (unpaired) electrons. The summed E-state index contributed by atoms with van der Waals surface area (Å²) in [5.74, 6) is 2.28. The van der Waals surface area contributed by atoms with Crippen molar-refractivity contribution in [1.82, 2.24) is 4.90 Å². The van der Waals surface area contributed by atoms with E-state index < -0.39 is 0 Å². The molecule has 0 aliphatic carbocycles. The standard InChI is InChI=1S/C19H18ClNO3S/c20-15-5-7-18(8-6-15)25-12-9-19(22)21(13-16-3-1-10-23-16)14-17-4-2-11-24-17/h1-8,10-11H,9,12-14H2. The van der Waals surface area contributed by atoms with Gasteiger partial charge in [0.1, 0.15) is 11.5 Å². The summed E-state index contributed by atoms with van der Waals surface area (Å²) in [6, 6.07) is 15.0. The van der Waals surface area contributed by atoms with Gasteiger partial charge in [-0.25, -0.2) is 0 Å². The Labute approximate surface area is 155 Å². The summed E-state index contributed by atoms with van der Waals surface area (Å²) in [7, 11) is 0. The molecule has 0 atom stereocenters. The zero-order valence-electron chi connectivity index (χ0n) is 13.6. The van der Waals surface area contributed by atoms with Crippen LogP contribution < -0.4 is 0 Å². The fourth-order valence-corrected chi connectivity index (χ4v) is 3.33. The van der Waals surface area contributed by atoms with Gasteiger partial charge in [0.25, 0.3) is 0 Å². The molecule has 2 aromatic heterocycles. The van der Waals surface area contributed by atoms with Gasteiger partial charge >= 0.3 is 0 Å². The topological polar surface area (TPSA) is 46.6 Å². The van der Waals surface area contributed by atoms with Crippen LogP contribution in [-0.4, -0.2) is 16.6 Å². The maximum atomic E-state index is 12.6. The van der Waals surface area contributed by atoms with Crippen LogP contribution in [0.4, 0.5) is 0 Å². The molecule has 0 bridgehead atoms. The fourth-order valence-electron chi connectivity index (χ4n) is 2.36. The minimum atomic E-state index is 0.0641. The van der Waals surface area contributed by atoms with Crippen molar-refractivity contribution in [2.24, 2.45) is 0 Å². The monoisotopic (exact) mass is 375 g/mol. The van der Waals surface area contributed by atoms with E-state index in [1.165, 1.54) is 0 Å². The summed E-state index contributed by atoms with van der Waals surface area (Å²) in [4.78, 5) is 15.5. The molecule has 0 spiro atoms. The Morgan fingerprint density at radius 2 is 1.56 bits per heavy atom. The Morgan fingerprint density at radius 1 is 0.960 bits per heavy atom. The van der Waals surface area contributed by atoms with Crippen LogP contribution in [0.15, 0.2) is 74.8 Å². The van der Waals surface area contributed by atoms with Crippen molar-refractivity contribution in [3.63, 3.8) is 0 Å². The molecule has 0 aliphatic heterocycles. The number of nitrogens with zero attached hydrogens (tertiary/aromatic N) is 1. The van der Waals surface area contributed by atoms with E-state index in [2.05, 4.69) is 0 Å². The Morgan fingerprint density at radius 3 is 2.08 bits per heavy atom. The number of carbonyl (C=O) groups excluding carboxylic acids is 1. The number of benzene rings is 1. The first-order valence-electron chi connectivity index (χ1n) is 7.91. The largest absolute Gasteiger partial charge is 0.467 e. The molecule has 1 amide bonds. The highest BCUT2D eigenvalue weighted by molar-refractivity contribution is 7.99. The van der Waals surface area contributed by atoms with E-state index in [0.717, 1.165) is 16.4 Å². The third kappa shape index (κ3) is 5.44. The molecule has 0 saturated carbocycles. The van der Waals surface area contributed by atoms with Gasteiger partial charge in [0.15, 0.2) is 0 Å². The number of hydrogen-bond donors (Lipinski definition) is 0. The van der Waals surface area contributed by atoms with Gasteiger partial charge in [0.05, 0.1) is 25.6 Å². The zero-order valence-corrected chi connectivity index (χ0v) is 15.1. The Hall–Kier alpha value is -2.11. The lowest BCUT2D eigenvalue weighted by atomic mass is 10.3. The third-order valence-corrected chi connectivity index (χ3v) is 4.87. The first-order chi connectivity index (χ1) is 12.2. The molecule has 3 rings (SSSR count). The highest BCUT2D eigenvalue weighted by Crippen LogP contribution is 2.22. The van der Waals surface area contributed by atoms with Gasteiger partial charge < -0.3 is 13.7 Å². The summed E-state index contributed by atoms with van der Waals surface area (Å²) in [6.45, 7) is 0.857. The van der Waals surface area contributed by atoms with Crippen molar-refractivity contribution in [3.05, 3.63) is 77.6 Å². The van der Waals surface area contributed by atoms with Gasteiger partial charge in [-0.05, 0) is 48.5 Å². The SMILES string of the molecule is O=C(CCSc1ccc(Cl)cc1)N(Cc1ccco1)Cc1ccco1. The molecule has 0 unspecified atom stereocenters. The third-order valence-electron chi connectivity index (χ3n) is 3.60. The van der Waals surface area contributed by atoms with E-state index in [-0.39, 0.29) is 5.91 Å². The lowest BCUT2D eigenvalue weighted by Crippen LogP contribution is -2.30. The van der Waals surface area contributed by atoms with Gasteiger partial charge in [-0.15, -0.1) is 11.8 Å². The lowest BCUT2D eigenvalue weighted by molar-refractivity contribution is -0.132. The van der Waals surface area contributed by atoms with Crippen molar-refractivity contribution in [2.75, 3.05) is 5.75 Å². The molecule has 25 heavy (non-hydrogen) atoms. The molecule has 2 heterocycles. The summed E-state index contributed by atoms with van der Waals surface area (Å²) in [5, 5.41) is 0.712. The minimum absolute atomic E-state index is 0.0641. The Bertz CT molecular complexity index is 733. The van der Waals surface area contributed by atoms with Crippen molar-refractivity contribution in [3.8, 4) is 0 Å². The Kier molecular flexibility index (Phi) is 6.25. The lowest BCUT2D eigenvalue weighted by Gasteiger charge is -2.20.